The summed E-state index contributed by atoms with van der Waals surface area (Å²) >= 11 is 4.06. The molecule has 7 nitrogen and oxygen atoms in total. The Morgan fingerprint density at radius 1 is 1.07 bits per heavy atom. The Kier molecular flexibility index (Phi) is 9.87. The molecule has 2 aromatic heterocycles. The molecule has 2 unspecified atom stereocenters. The van der Waals surface area contributed by atoms with E-state index in [1.54, 1.807) is 36.0 Å². The van der Waals surface area contributed by atoms with Crippen molar-refractivity contribution in [2.75, 3.05) is 23.7 Å². The number of halogens is 6. The van der Waals surface area contributed by atoms with Crippen molar-refractivity contribution < 1.29 is 26.7 Å². The quantitative estimate of drug-likeness (QED) is 0.126. The van der Waals surface area contributed by atoms with Crippen molar-refractivity contribution in [2.24, 2.45) is 0 Å². The van der Waals surface area contributed by atoms with Gasteiger partial charge in [0.05, 0.1) is 15.6 Å². The lowest BCUT2D eigenvalue weighted by molar-refractivity contribution is -0.137. The lowest BCUT2D eigenvalue weighted by atomic mass is 9.95. The highest BCUT2D eigenvalue weighted by molar-refractivity contribution is 9.10. The molecule has 2 aliphatic rings. The Hall–Kier alpha value is -3.78. The molecule has 2 aromatic carbocycles. The zero-order valence-electron chi connectivity index (χ0n) is 24.8. The van der Waals surface area contributed by atoms with Crippen LogP contribution in [0.3, 0.4) is 0 Å². The maximum absolute atomic E-state index is 15.1. The van der Waals surface area contributed by atoms with Gasteiger partial charge in [-0.1, -0.05) is 12.6 Å². The lowest BCUT2D eigenvalue weighted by Gasteiger charge is -2.44. The van der Waals surface area contributed by atoms with E-state index in [0.29, 0.717) is 18.2 Å². The molecule has 1 amide bonds. The molecule has 46 heavy (non-hydrogen) atoms. The number of carbonyl (C=O) groups excluding carboxylic acids is 1. The number of thioether (sulfide) groups is 1. The van der Waals surface area contributed by atoms with Crippen molar-refractivity contribution in [3.05, 3.63) is 93.6 Å². The number of nitrogens with zero attached hydrogens (tertiary/aromatic N) is 5. The van der Waals surface area contributed by atoms with Crippen LogP contribution in [0, 0.1) is 11.6 Å². The molecule has 0 radical (unpaired) electrons. The second-order valence-corrected chi connectivity index (χ2v) is 12.9. The molecule has 242 valence electrons. The van der Waals surface area contributed by atoms with Crippen LogP contribution in [-0.2, 0) is 17.5 Å². The van der Waals surface area contributed by atoms with E-state index >= 15 is 4.39 Å². The lowest BCUT2D eigenvalue weighted by Crippen LogP contribution is -2.58. The zero-order chi connectivity index (χ0) is 33.3. The average molecular weight is 723 g/mol. The van der Waals surface area contributed by atoms with Gasteiger partial charge in [-0.3, -0.25) is 14.3 Å². The first-order chi connectivity index (χ1) is 21.8. The van der Waals surface area contributed by atoms with E-state index in [2.05, 4.69) is 32.5 Å². The molecule has 1 fully saturated rings. The number of rotatable bonds is 3. The van der Waals surface area contributed by atoms with E-state index in [4.69, 9.17) is 0 Å². The molecular formula is C32H29BrF5N5O2S. The van der Waals surface area contributed by atoms with Crippen LogP contribution in [0.4, 0.5) is 27.8 Å². The molecule has 2 aliphatic heterocycles. The SMILES string of the molecule is C=CC(=O)N1C(C)CN(c2nc(=O)n3c4c(c(-c5cc(Br)c(F)cc5F)c(C(F)(F)F)cc24)SCCC3)CC1C.c1ccncc1. The number of hydrogen-bond donors (Lipinski definition) is 0. The third-order valence-corrected chi connectivity index (χ3v) is 9.56. The predicted molar refractivity (Wildman–Crippen MR) is 172 cm³/mol. The topological polar surface area (TPSA) is 71.3 Å². The van der Waals surface area contributed by atoms with Crippen LogP contribution < -0.4 is 10.6 Å². The van der Waals surface area contributed by atoms with Crippen molar-refractivity contribution in [1.82, 2.24) is 19.4 Å². The van der Waals surface area contributed by atoms with Crippen LogP contribution in [0.2, 0.25) is 0 Å². The second-order valence-electron chi connectivity index (χ2n) is 10.9. The Balaban J connectivity index is 0.000000624. The maximum Gasteiger partial charge on any atom is 0.417 e. The summed E-state index contributed by atoms with van der Waals surface area (Å²) in [5.41, 5.74) is -2.40. The molecule has 0 saturated carbocycles. The molecule has 14 heteroatoms. The van der Waals surface area contributed by atoms with Crippen LogP contribution in [0.1, 0.15) is 25.8 Å². The van der Waals surface area contributed by atoms with Crippen LogP contribution in [0.5, 0.6) is 0 Å². The third-order valence-electron chi connectivity index (χ3n) is 7.77. The Morgan fingerprint density at radius 3 is 2.30 bits per heavy atom. The summed E-state index contributed by atoms with van der Waals surface area (Å²) in [5.74, 6) is -1.92. The van der Waals surface area contributed by atoms with Crippen LogP contribution in [-0.4, -0.2) is 56.3 Å². The standard InChI is InChI=1S/C27H24BrF5N4O2S.C5H5N/c1-4-21(38)37-13(2)11-35(12-14(37)3)25-16-8-17(27(31,32)33)22(15-9-18(28)20(30)10-19(15)29)24-23(16)36(26(39)34-25)6-5-7-40-24;1-2-4-6-5-3-1/h4,8-10,13-14H,1,5-7,11-12H2,2-3H3;1-5H. The molecule has 0 N–H and O–H groups in total. The summed E-state index contributed by atoms with van der Waals surface area (Å²) in [6.45, 7) is 7.81. The van der Waals surface area contributed by atoms with E-state index < -0.39 is 40.2 Å². The van der Waals surface area contributed by atoms with Gasteiger partial charge < -0.3 is 9.80 Å². The number of hydrogen-bond acceptors (Lipinski definition) is 6. The summed E-state index contributed by atoms with van der Waals surface area (Å²) in [5, 5.41) is 0.101. The minimum Gasteiger partial charge on any atom is -0.352 e. The van der Waals surface area contributed by atoms with E-state index in [1.807, 2.05) is 18.2 Å². The van der Waals surface area contributed by atoms with E-state index in [-0.39, 0.29) is 63.7 Å². The van der Waals surface area contributed by atoms with Crippen molar-refractivity contribution in [2.45, 2.75) is 50.0 Å². The molecule has 4 heterocycles. The fraction of sp³-hybridized carbons (Fsp3) is 0.312. The number of amides is 1. The monoisotopic (exact) mass is 721 g/mol. The average Bonchev–Trinajstić information content (AvgIpc) is 3.25. The number of carbonyl (C=O) groups is 1. The summed E-state index contributed by atoms with van der Waals surface area (Å²) in [7, 11) is 0. The molecule has 2 atom stereocenters. The first kappa shape index (κ1) is 33.6. The Morgan fingerprint density at radius 2 is 1.74 bits per heavy atom. The summed E-state index contributed by atoms with van der Waals surface area (Å²) in [4.78, 5) is 37.2. The van der Waals surface area contributed by atoms with E-state index in [9.17, 15) is 27.2 Å². The number of aromatic nitrogens is 3. The van der Waals surface area contributed by atoms with Crippen molar-refractivity contribution in [3.63, 3.8) is 0 Å². The summed E-state index contributed by atoms with van der Waals surface area (Å²) in [6.07, 6.45) is 0.275. The van der Waals surface area contributed by atoms with Gasteiger partial charge in [-0.25, -0.2) is 13.6 Å². The summed E-state index contributed by atoms with van der Waals surface area (Å²) < 4.78 is 74.4. The normalized spacial score (nSPS) is 18.1. The van der Waals surface area contributed by atoms with Crippen molar-refractivity contribution in [3.8, 4) is 11.1 Å². The van der Waals surface area contributed by atoms with Gasteiger partial charge in [0.2, 0.25) is 5.91 Å². The fourth-order valence-corrected chi connectivity index (χ4v) is 7.47. The number of benzene rings is 2. The Bertz CT molecular complexity index is 1810. The largest absolute Gasteiger partial charge is 0.417 e. The molecule has 6 rings (SSSR count). The zero-order valence-corrected chi connectivity index (χ0v) is 27.2. The van der Waals surface area contributed by atoms with E-state index in [0.717, 1.165) is 23.9 Å². The minimum absolute atomic E-state index is 0.0715. The molecule has 0 aliphatic carbocycles. The van der Waals surface area contributed by atoms with Gasteiger partial charge in [-0.2, -0.15) is 18.2 Å². The van der Waals surface area contributed by atoms with Crippen LogP contribution >= 0.6 is 27.7 Å². The molecule has 0 bridgehead atoms. The number of aryl methyl sites for hydroxylation is 1. The van der Waals surface area contributed by atoms with Crippen LogP contribution in [0.15, 0.2) is 75.6 Å². The highest BCUT2D eigenvalue weighted by Crippen LogP contribution is 2.49. The van der Waals surface area contributed by atoms with Gasteiger partial charge >= 0.3 is 11.9 Å². The molecule has 0 spiro atoms. The van der Waals surface area contributed by atoms with Crippen molar-refractivity contribution >= 4 is 50.3 Å². The van der Waals surface area contributed by atoms with E-state index in [1.165, 1.54) is 10.6 Å². The highest BCUT2D eigenvalue weighted by Gasteiger charge is 2.40. The van der Waals surface area contributed by atoms with Gasteiger partial charge in [0.15, 0.2) is 0 Å². The third kappa shape index (κ3) is 6.55. The molecule has 4 aromatic rings. The number of pyridine rings is 1. The van der Waals surface area contributed by atoms with Gasteiger partial charge in [0.1, 0.15) is 17.5 Å². The number of anilines is 1. The second kappa shape index (κ2) is 13.5. The smallest absolute Gasteiger partial charge is 0.352 e. The van der Waals surface area contributed by atoms with Crippen LogP contribution in [0.25, 0.3) is 22.0 Å². The number of piperazine rings is 1. The fourth-order valence-electron chi connectivity index (χ4n) is 5.93. The first-order valence-electron chi connectivity index (χ1n) is 14.3. The van der Waals surface area contributed by atoms with Gasteiger partial charge in [0.25, 0.3) is 0 Å². The number of alkyl halides is 3. The first-order valence-corrected chi connectivity index (χ1v) is 16.1. The highest BCUT2D eigenvalue weighted by atomic mass is 79.9. The summed E-state index contributed by atoms with van der Waals surface area (Å²) in [6, 6.07) is 7.47. The molecule has 1 saturated heterocycles. The Labute approximate surface area is 274 Å². The van der Waals surface area contributed by atoms with Crippen molar-refractivity contribution in [1.29, 1.82) is 0 Å². The van der Waals surface area contributed by atoms with Gasteiger partial charge in [-0.05, 0) is 72.3 Å². The maximum atomic E-state index is 15.1. The minimum atomic E-state index is -4.91. The molecular weight excluding hydrogens is 693 g/mol. The predicted octanol–water partition coefficient (Wildman–Crippen LogP) is 7.31. The van der Waals surface area contributed by atoms with Gasteiger partial charge in [0, 0.05) is 71.6 Å². The van der Waals surface area contributed by atoms with Gasteiger partial charge in [-0.15, -0.1) is 11.8 Å².